The molecule has 3 aromatic rings. The van der Waals surface area contributed by atoms with Crippen molar-refractivity contribution in [3.05, 3.63) is 46.9 Å². The molecule has 0 aliphatic heterocycles. The van der Waals surface area contributed by atoms with Crippen LogP contribution in [0.3, 0.4) is 0 Å². The Morgan fingerprint density at radius 1 is 1.21 bits per heavy atom. The van der Waals surface area contributed by atoms with E-state index < -0.39 is 30.1 Å². The van der Waals surface area contributed by atoms with Crippen LogP contribution in [0.5, 0.6) is 5.75 Å². The van der Waals surface area contributed by atoms with Gasteiger partial charge < -0.3 is 10.5 Å². The number of nitrogens with zero attached hydrogens (tertiary/aromatic N) is 4. The molecule has 0 saturated carbocycles. The summed E-state index contributed by atoms with van der Waals surface area (Å²) in [5.74, 6) is -0.503. The molecule has 3 N–H and O–H groups in total. The lowest BCUT2D eigenvalue weighted by molar-refractivity contribution is 0.0996. The molecule has 0 atom stereocenters. The van der Waals surface area contributed by atoms with Gasteiger partial charge in [-0.3, -0.25) is 9.48 Å². The van der Waals surface area contributed by atoms with Gasteiger partial charge in [-0.1, -0.05) is 0 Å². The third kappa shape index (κ3) is 3.66. The zero-order valence-corrected chi connectivity index (χ0v) is 14.4. The summed E-state index contributed by atoms with van der Waals surface area (Å²) in [6, 6.07) is 5.24. The van der Waals surface area contributed by atoms with Gasteiger partial charge >= 0.3 is 0 Å². The Hall–Kier alpha value is -3.44. The number of methoxy groups -OCH3 is 1. The van der Waals surface area contributed by atoms with Crippen molar-refractivity contribution >= 4 is 5.91 Å². The quantitative estimate of drug-likeness (QED) is 0.595. The maximum absolute atomic E-state index is 13.2. The third-order valence-electron chi connectivity index (χ3n) is 3.93. The van der Waals surface area contributed by atoms with Crippen LogP contribution < -0.4 is 10.5 Å². The molecule has 3 rings (SSSR count). The second-order valence-corrected chi connectivity index (χ2v) is 5.66. The minimum atomic E-state index is -2.99. The average molecular weight is 398 g/mol. The van der Waals surface area contributed by atoms with Crippen molar-refractivity contribution in [2.45, 2.75) is 19.4 Å². The summed E-state index contributed by atoms with van der Waals surface area (Å²) in [7, 11) is 1.37. The molecule has 0 unspecified atom stereocenters. The van der Waals surface area contributed by atoms with E-state index in [9.17, 15) is 22.4 Å². The lowest BCUT2D eigenvalue weighted by atomic mass is 10.1. The normalized spacial score (nSPS) is 11.4. The molecule has 0 spiro atoms. The van der Waals surface area contributed by atoms with Gasteiger partial charge in [0.1, 0.15) is 22.8 Å². The Balaban J connectivity index is 2.05. The summed E-state index contributed by atoms with van der Waals surface area (Å²) in [4.78, 5) is 11.4. The molecule has 148 valence electrons. The Morgan fingerprint density at radius 2 is 1.96 bits per heavy atom. The SMILES string of the molecule is COc1ccc(-c2n[nH]nc2C(N)=O)cc1Cn1nc(C(F)F)cc1C(F)F. The summed E-state index contributed by atoms with van der Waals surface area (Å²) < 4.78 is 58.2. The van der Waals surface area contributed by atoms with Crippen LogP contribution in [-0.4, -0.2) is 38.2 Å². The first-order valence-electron chi connectivity index (χ1n) is 7.83. The Morgan fingerprint density at radius 3 is 2.57 bits per heavy atom. The lowest BCUT2D eigenvalue weighted by Crippen LogP contribution is -2.13. The molecule has 28 heavy (non-hydrogen) atoms. The van der Waals surface area contributed by atoms with Crippen LogP contribution in [0.15, 0.2) is 24.3 Å². The highest BCUT2D eigenvalue weighted by atomic mass is 19.3. The van der Waals surface area contributed by atoms with Crippen LogP contribution in [0.1, 0.15) is 40.3 Å². The second kappa shape index (κ2) is 7.66. The molecule has 0 fully saturated rings. The molecule has 0 bridgehead atoms. The molecule has 0 radical (unpaired) electrons. The monoisotopic (exact) mass is 398 g/mol. The molecular formula is C16H14F4N6O2. The van der Waals surface area contributed by atoms with Gasteiger partial charge in [-0.2, -0.15) is 20.5 Å². The summed E-state index contributed by atoms with van der Waals surface area (Å²) >= 11 is 0. The van der Waals surface area contributed by atoms with Crippen LogP contribution in [0.2, 0.25) is 0 Å². The van der Waals surface area contributed by atoms with E-state index in [0.717, 1.165) is 4.68 Å². The number of hydrogen-bond donors (Lipinski definition) is 2. The first-order chi connectivity index (χ1) is 13.3. The van der Waals surface area contributed by atoms with Crippen LogP contribution >= 0.6 is 0 Å². The van der Waals surface area contributed by atoms with Gasteiger partial charge in [0.05, 0.1) is 13.7 Å². The van der Waals surface area contributed by atoms with E-state index in [1.54, 1.807) is 6.07 Å². The minimum absolute atomic E-state index is 0.108. The summed E-state index contributed by atoms with van der Waals surface area (Å²) in [5, 5.41) is 13.4. The molecule has 8 nitrogen and oxygen atoms in total. The Labute approximate surface area is 155 Å². The van der Waals surface area contributed by atoms with Crippen molar-refractivity contribution in [1.82, 2.24) is 25.2 Å². The fourth-order valence-corrected chi connectivity index (χ4v) is 2.68. The van der Waals surface area contributed by atoms with Crippen LogP contribution in [0.4, 0.5) is 17.6 Å². The first kappa shape index (κ1) is 19.3. The molecule has 1 aromatic carbocycles. The lowest BCUT2D eigenvalue weighted by Gasteiger charge is -2.12. The number of nitrogens with one attached hydrogen (secondary N) is 1. The van der Waals surface area contributed by atoms with Crippen molar-refractivity contribution in [3.8, 4) is 17.0 Å². The Bertz CT molecular complexity index is 1000. The van der Waals surface area contributed by atoms with Crippen molar-refractivity contribution in [2.24, 2.45) is 5.73 Å². The van der Waals surface area contributed by atoms with Gasteiger partial charge in [0, 0.05) is 11.1 Å². The number of rotatable bonds is 7. The molecule has 0 saturated heterocycles. The predicted molar refractivity (Wildman–Crippen MR) is 88.1 cm³/mol. The van der Waals surface area contributed by atoms with Crippen molar-refractivity contribution in [3.63, 3.8) is 0 Å². The maximum atomic E-state index is 13.2. The minimum Gasteiger partial charge on any atom is -0.496 e. The molecule has 2 heterocycles. The van der Waals surface area contributed by atoms with E-state index in [1.165, 1.54) is 19.2 Å². The van der Waals surface area contributed by atoms with Crippen molar-refractivity contribution in [2.75, 3.05) is 7.11 Å². The predicted octanol–water partition coefficient (Wildman–Crippen LogP) is 2.70. The maximum Gasteiger partial charge on any atom is 0.282 e. The molecule has 12 heteroatoms. The van der Waals surface area contributed by atoms with E-state index in [4.69, 9.17) is 10.5 Å². The number of hydrogen-bond acceptors (Lipinski definition) is 5. The number of benzene rings is 1. The molecule has 1 amide bonds. The fourth-order valence-electron chi connectivity index (χ4n) is 2.68. The van der Waals surface area contributed by atoms with E-state index in [1.807, 2.05) is 0 Å². The van der Waals surface area contributed by atoms with E-state index in [-0.39, 0.29) is 17.9 Å². The number of alkyl halides is 4. The van der Waals surface area contributed by atoms with Crippen LogP contribution in [0, 0.1) is 0 Å². The molecule has 0 aliphatic rings. The first-order valence-corrected chi connectivity index (χ1v) is 7.83. The van der Waals surface area contributed by atoms with Crippen molar-refractivity contribution < 1.29 is 27.1 Å². The van der Waals surface area contributed by atoms with Gasteiger partial charge in [0.25, 0.3) is 18.8 Å². The van der Waals surface area contributed by atoms with Gasteiger partial charge in [-0.25, -0.2) is 17.6 Å². The van der Waals surface area contributed by atoms with Crippen molar-refractivity contribution in [1.29, 1.82) is 0 Å². The number of carbonyl (C=O) groups excluding carboxylic acids is 1. The number of halogens is 4. The van der Waals surface area contributed by atoms with E-state index in [0.29, 0.717) is 22.9 Å². The number of H-pyrrole nitrogens is 1. The average Bonchev–Trinajstić information content (AvgIpc) is 3.29. The summed E-state index contributed by atoms with van der Waals surface area (Å²) in [6.07, 6.45) is -5.98. The van der Waals surface area contributed by atoms with Gasteiger partial charge in [-0.05, 0) is 24.3 Å². The fraction of sp³-hybridized carbons (Fsp3) is 0.250. The van der Waals surface area contributed by atoms with Crippen LogP contribution in [-0.2, 0) is 6.54 Å². The van der Waals surface area contributed by atoms with Gasteiger partial charge in [-0.15, -0.1) is 0 Å². The van der Waals surface area contributed by atoms with Gasteiger partial charge in [0.2, 0.25) is 0 Å². The number of nitrogens with two attached hydrogens (primary N) is 1. The number of carbonyl (C=O) groups is 1. The van der Waals surface area contributed by atoms with Gasteiger partial charge in [0.15, 0.2) is 5.69 Å². The number of aromatic nitrogens is 5. The molecule has 0 aliphatic carbocycles. The largest absolute Gasteiger partial charge is 0.496 e. The summed E-state index contributed by atoms with van der Waals surface area (Å²) in [6.45, 7) is -0.271. The number of aromatic amines is 1. The zero-order valence-electron chi connectivity index (χ0n) is 14.4. The smallest absolute Gasteiger partial charge is 0.282 e. The molecular weight excluding hydrogens is 384 g/mol. The highest BCUT2D eigenvalue weighted by Gasteiger charge is 2.23. The van der Waals surface area contributed by atoms with Crippen LogP contribution in [0.25, 0.3) is 11.3 Å². The number of ether oxygens (including phenoxy) is 1. The topological polar surface area (TPSA) is 112 Å². The number of amides is 1. The standard InChI is InChI=1S/C16H14F4N6O2/c1-28-11-3-2-7(12-13(16(21)27)23-25-22-12)4-8(11)6-26-10(15(19)20)5-9(24-26)14(17)18/h2-5,14-15H,6H2,1H3,(H2,21,27)(H,22,23,25). The molecule has 2 aromatic heterocycles. The van der Waals surface area contributed by atoms with E-state index in [2.05, 4.69) is 20.5 Å². The highest BCUT2D eigenvalue weighted by molar-refractivity contribution is 5.96. The van der Waals surface area contributed by atoms with E-state index >= 15 is 0 Å². The zero-order chi connectivity index (χ0) is 20.4. The Kier molecular flexibility index (Phi) is 5.29. The second-order valence-electron chi connectivity index (χ2n) is 5.66. The highest BCUT2D eigenvalue weighted by Crippen LogP contribution is 2.30. The third-order valence-corrected chi connectivity index (χ3v) is 3.93. The summed E-state index contributed by atoms with van der Waals surface area (Å²) in [5.41, 5.74) is 4.64. The number of primary amides is 1.